The lowest BCUT2D eigenvalue weighted by molar-refractivity contribution is -0.141. The number of ether oxygens (including phenoxy) is 2. The molecule has 0 saturated heterocycles. The number of hydrogen-bond acceptors (Lipinski definition) is 6. The van der Waals surface area contributed by atoms with Gasteiger partial charge in [-0.25, -0.2) is 0 Å². The number of benzene rings is 2. The lowest BCUT2D eigenvalue weighted by Gasteiger charge is -2.24. The predicted molar refractivity (Wildman–Crippen MR) is 114 cm³/mol. The van der Waals surface area contributed by atoms with Gasteiger partial charge in [-0.15, -0.1) is 0 Å². The molecule has 1 amide bonds. The highest BCUT2D eigenvalue weighted by molar-refractivity contribution is 8.03. The van der Waals surface area contributed by atoms with Crippen LogP contribution in [0.3, 0.4) is 0 Å². The Labute approximate surface area is 179 Å². The van der Waals surface area contributed by atoms with Crippen LogP contribution >= 0.6 is 11.8 Å². The Bertz CT molecular complexity index is 965. The van der Waals surface area contributed by atoms with Crippen LogP contribution in [-0.4, -0.2) is 24.2 Å². The fourth-order valence-electron chi connectivity index (χ4n) is 3.09. The summed E-state index contributed by atoms with van der Waals surface area (Å²) in [5, 5.41) is 12.8. The first-order chi connectivity index (χ1) is 14.6. The summed E-state index contributed by atoms with van der Waals surface area (Å²) < 4.78 is 10.7. The van der Waals surface area contributed by atoms with E-state index in [0.717, 1.165) is 28.6 Å². The molecule has 6 nitrogen and oxygen atoms in total. The topological polar surface area (TPSA) is 88.4 Å². The third kappa shape index (κ3) is 5.65. The first kappa shape index (κ1) is 21.5. The van der Waals surface area contributed by atoms with E-state index >= 15 is 0 Å². The Morgan fingerprint density at radius 3 is 2.60 bits per heavy atom. The van der Waals surface area contributed by atoms with Crippen LogP contribution in [0.25, 0.3) is 0 Å². The number of nitriles is 1. The molecule has 30 heavy (non-hydrogen) atoms. The minimum Gasteiger partial charge on any atom is -0.494 e. The maximum Gasteiger partial charge on any atom is 0.316 e. The summed E-state index contributed by atoms with van der Waals surface area (Å²) in [5.74, 6) is -0.144. The van der Waals surface area contributed by atoms with Crippen LogP contribution < -0.4 is 10.1 Å². The van der Waals surface area contributed by atoms with E-state index in [1.165, 1.54) is 0 Å². The van der Waals surface area contributed by atoms with Gasteiger partial charge in [0, 0.05) is 12.3 Å². The van der Waals surface area contributed by atoms with Crippen LogP contribution in [-0.2, 0) is 20.9 Å². The fraction of sp³-hybridized carbons (Fsp3) is 0.261. The fourth-order valence-corrected chi connectivity index (χ4v) is 3.96. The minimum atomic E-state index is -0.422. The van der Waals surface area contributed by atoms with E-state index in [1.54, 1.807) is 0 Å². The number of hydrogen-bond donors (Lipinski definition) is 1. The zero-order valence-electron chi connectivity index (χ0n) is 16.6. The van der Waals surface area contributed by atoms with Gasteiger partial charge in [-0.05, 0) is 30.2 Å². The number of esters is 1. The number of carbonyl (C=O) groups excluding carboxylic acids is 2. The van der Waals surface area contributed by atoms with Gasteiger partial charge in [-0.1, -0.05) is 54.2 Å². The zero-order chi connectivity index (χ0) is 21.3. The summed E-state index contributed by atoms with van der Waals surface area (Å²) >= 11 is 1.12. The quantitative estimate of drug-likeness (QED) is 0.649. The van der Waals surface area contributed by atoms with E-state index in [1.807, 2.05) is 61.5 Å². The van der Waals surface area contributed by atoms with Crippen molar-refractivity contribution in [3.63, 3.8) is 0 Å². The smallest absolute Gasteiger partial charge is 0.316 e. The van der Waals surface area contributed by atoms with Crippen molar-refractivity contribution in [2.45, 2.75) is 25.9 Å². The molecule has 0 aromatic heterocycles. The SMILES string of the molecule is CCOc1ccc(COC(=O)CSC2=C(C#N)C(c3ccccc3)CC(=O)N2)cc1. The van der Waals surface area contributed by atoms with Gasteiger partial charge >= 0.3 is 5.97 Å². The second kappa shape index (κ2) is 10.5. The van der Waals surface area contributed by atoms with Crippen molar-refractivity contribution < 1.29 is 19.1 Å². The molecule has 1 heterocycles. The molecule has 1 atom stereocenters. The molecule has 0 radical (unpaired) electrons. The molecule has 0 saturated carbocycles. The largest absolute Gasteiger partial charge is 0.494 e. The van der Waals surface area contributed by atoms with Crippen molar-refractivity contribution in [1.82, 2.24) is 5.32 Å². The number of rotatable bonds is 8. The maximum atomic E-state index is 12.2. The molecular weight excluding hydrogens is 400 g/mol. The Morgan fingerprint density at radius 2 is 1.93 bits per heavy atom. The van der Waals surface area contributed by atoms with E-state index in [-0.39, 0.29) is 30.6 Å². The van der Waals surface area contributed by atoms with Gasteiger partial charge in [0.05, 0.1) is 29.0 Å². The third-order valence-corrected chi connectivity index (χ3v) is 5.52. The van der Waals surface area contributed by atoms with Crippen molar-refractivity contribution in [2.24, 2.45) is 0 Å². The number of thioether (sulfide) groups is 1. The van der Waals surface area contributed by atoms with Gasteiger partial charge in [-0.3, -0.25) is 9.59 Å². The maximum absolute atomic E-state index is 12.2. The molecule has 0 spiro atoms. The van der Waals surface area contributed by atoms with Gasteiger partial charge in [-0.2, -0.15) is 5.26 Å². The molecule has 0 bridgehead atoms. The first-order valence-corrected chi connectivity index (χ1v) is 10.6. The van der Waals surface area contributed by atoms with Crippen LogP contribution in [0.5, 0.6) is 5.75 Å². The highest BCUT2D eigenvalue weighted by Crippen LogP contribution is 2.35. The number of allylic oxidation sites excluding steroid dienone is 1. The molecule has 2 aromatic rings. The molecule has 7 heteroatoms. The molecule has 1 aliphatic rings. The Hall–Kier alpha value is -3.24. The van der Waals surface area contributed by atoms with Gasteiger partial charge in [0.2, 0.25) is 5.91 Å². The first-order valence-electron chi connectivity index (χ1n) is 9.60. The summed E-state index contributed by atoms with van der Waals surface area (Å²) in [5.41, 5.74) is 2.22. The Morgan fingerprint density at radius 1 is 1.20 bits per heavy atom. The monoisotopic (exact) mass is 422 g/mol. The van der Waals surface area contributed by atoms with Crippen LogP contribution in [0, 0.1) is 11.3 Å². The van der Waals surface area contributed by atoms with Gasteiger partial charge in [0.25, 0.3) is 0 Å². The molecule has 1 unspecified atom stereocenters. The summed E-state index contributed by atoms with van der Waals surface area (Å²) in [6.45, 7) is 2.65. The Balaban J connectivity index is 1.60. The summed E-state index contributed by atoms with van der Waals surface area (Å²) in [4.78, 5) is 24.3. The highest BCUT2D eigenvalue weighted by Gasteiger charge is 2.29. The highest BCUT2D eigenvalue weighted by atomic mass is 32.2. The average molecular weight is 423 g/mol. The third-order valence-electron chi connectivity index (χ3n) is 4.53. The molecule has 3 rings (SSSR count). The minimum absolute atomic E-state index is 0.000662. The van der Waals surface area contributed by atoms with E-state index in [4.69, 9.17) is 9.47 Å². The van der Waals surface area contributed by atoms with Crippen LogP contribution in [0.2, 0.25) is 0 Å². The molecule has 1 aliphatic heterocycles. The van der Waals surface area contributed by atoms with Crippen molar-refractivity contribution in [3.05, 3.63) is 76.3 Å². The predicted octanol–water partition coefficient (Wildman–Crippen LogP) is 3.90. The van der Waals surface area contributed by atoms with Gasteiger partial charge in [0.1, 0.15) is 12.4 Å². The number of nitrogens with one attached hydrogen (secondary N) is 1. The summed E-state index contributed by atoms with van der Waals surface area (Å²) in [6.07, 6.45) is 0.207. The molecule has 154 valence electrons. The van der Waals surface area contributed by atoms with E-state index in [9.17, 15) is 14.9 Å². The second-order valence-corrected chi connectivity index (χ2v) is 7.58. The number of amides is 1. The summed E-state index contributed by atoms with van der Waals surface area (Å²) in [7, 11) is 0. The van der Waals surface area contributed by atoms with Crippen LogP contribution in [0.4, 0.5) is 0 Å². The molecule has 0 fully saturated rings. The van der Waals surface area contributed by atoms with Crippen molar-refractivity contribution >= 4 is 23.6 Å². The molecule has 0 aliphatic carbocycles. The Kier molecular flexibility index (Phi) is 7.52. The van der Waals surface area contributed by atoms with Crippen molar-refractivity contribution in [3.8, 4) is 11.8 Å². The lowest BCUT2D eigenvalue weighted by atomic mass is 9.87. The number of carbonyl (C=O) groups is 2. The molecule has 2 aromatic carbocycles. The summed E-state index contributed by atoms with van der Waals surface area (Å²) in [6, 6.07) is 19.0. The van der Waals surface area contributed by atoms with Gasteiger partial charge < -0.3 is 14.8 Å². The van der Waals surface area contributed by atoms with E-state index in [0.29, 0.717) is 17.2 Å². The van der Waals surface area contributed by atoms with E-state index < -0.39 is 5.97 Å². The zero-order valence-corrected chi connectivity index (χ0v) is 17.4. The van der Waals surface area contributed by atoms with Crippen LogP contribution in [0.15, 0.2) is 65.2 Å². The lowest BCUT2D eigenvalue weighted by Crippen LogP contribution is -2.31. The molecular formula is C23H22N2O4S. The average Bonchev–Trinajstić information content (AvgIpc) is 2.77. The normalized spacial score (nSPS) is 15.9. The van der Waals surface area contributed by atoms with Crippen LogP contribution in [0.1, 0.15) is 30.4 Å². The van der Waals surface area contributed by atoms with Crippen molar-refractivity contribution in [1.29, 1.82) is 5.26 Å². The van der Waals surface area contributed by atoms with Crippen molar-refractivity contribution in [2.75, 3.05) is 12.4 Å². The standard InChI is InChI=1S/C23H22N2O4S/c1-2-28-18-10-8-16(9-11-18)14-29-22(27)15-30-23-20(13-24)19(12-21(26)25-23)17-6-4-3-5-7-17/h3-11,19H,2,12,14-15H2,1H3,(H,25,26). The second-order valence-electron chi connectivity index (χ2n) is 6.60. The van der Waals surface area contributed by atoms with Gasteiger partial charge in [0.15, 0.2) is 0 Å². The van der Waals surface area contributed by atoms with E-state index in [2.05, 4.69) is 11.4 Å². The number of nitrogens with zero attached hydrogens (tertiary/aromatic N) is 1. The molecule has 1 N–H and O–H groups in total.